The number of carbonyl (C=O) groups is 1. The Hall–Kier alpha value is -2.75. The molecule has 0 radical (unpaired) electrons. The second kappa shape index (κ2) is 7.24. The molecule has 0 fully saturated rings. The van der Waals surface area contributed by atoms with Crippen molar-refractivity contribution >= 4 is 27.3 Å². The number of sulfonamides is 1. The number of anilines is 2. The van der Waals surface area contributed by atoms with Gasteiger partial charge in [0.2, 0.25) is 5.91 Å². The molecule has 0 unspecified atom stereocenters. The summed E-state index contributed by atoms with van der Waals surface area (Å²) in [5, 5.41) is 2.47. The number of nitrogens with one attached hydrogen (secondary N) is 2. The number of rotatable bonds is 5. The Morgan fingerprint density at radius 2 is 1.81 bits per heavy atom. The van der Waals surface area contributed by atoms with Crippen molar-refractivity contribution in [1.29, 1.82) is 0 Å². The van der Waals surface area contributed by atoms with Crippen LogP contribution in [0.15, 0.2) is 47.4 Å². The van der Waals surface area contributed by atoms with Crippen molar-refractivity contribution in [3.05, 3.63) is 48.0 Å². The molecule has 0 aliphatic carbocycles. The Kier molecular flexibility index (Phi) is 5.45. The van der Waals surface area contributed by atoms with Gasteiger partial charge in [-0.25, -0.2) is 8.42 Å². The lowest BCUT2D eigenvalue weighted by Gasteiger charge is -2.13. The Morgan fingerprint density at radius 1 is 1.12 bits per heavy atom. The maximum Gasteiger partial charge on any atom is 0.416 e. The van der Waals surface area contributed by atoms with Crippen molar-refractivity contribution in [2.45, 2.75) is 18.0 Å². The Bertz CT molecular complexity index is 927. The Morgan fingerprint density at radius 3 is 2.38 bits per heavy atom. The molecular formula is C16H15F3N2O4S. The van der Waals surface area contributed by atoms with Gasteiger partial charge in [0.15, 0.2) is 0 Å². The quantitative estimate of drug-likeness (QED) is 0.821. The van der Waals surface area contributed by atoms with Gasteiger partial charge in [0.05, 0.1) is 23.3 Å². The molecule has 2 N–H and O–H groups in total. The third-order valence-electron chi connectivity index (χ3n) is 3.24. The van der Waals surface area contributed by atoms with Gasteiger partial charge in [-0.15, -0.1) is 0 Å². The number of carbonyl (C=O) groups excluding carboxylic acids is 1. The van der Waals surface area contributed by atoms with Gasteiger partial charge >= 0.3 is 6.18 Å². The minimum absolute atomic E-state index is 0.0899. The van der Waals surface area contributed by atoms with Gasteiger partial charge in [0, 0.05) is 18.7 Å². The molecule has 0 saturated heterocycles. The van der Waals surface area contributed by atoms with Crippen LogP contribution in [0.3, 0.4) is 0 Å². The number of methoxy groups -OCH3 is 1. The van der Waals surface area contributed by atoms with Crippen LogP contribution < -0.4 is 14.8 Å². The summed E-state index contributed by atoms with van der Waals surface area (Å²) >= 11 is 0. The summed E-state index contributed by atoms with van der Waals surface area (Å²) in [4.78, 5) is 10.9. The van der Waals surface area contributed by atoms with Gasteiger partial charge in [-0.2, -0.15) is 13.2 Å². The van der Waals surface area contributed by atoms with Crippen LogP contribution >= 0.6 is 0 Å². The molecule has 0 aliphatic rings. The average Bonchev–Trinajstić information content (AvgIpc) is 2.53. The van der Waals surface area contributed by atoms with Crippen molar-refractivity contribution in [3.8, 4) is 5.75 Å². The summed E-state index contributed by atoms with van der Waals surface area (Å²) in [5.74, 6) is -0.284. The first-order valence-electron chi connectivity index (χ1n) is 7.18. The van der Waals surface area contributed by atoms with Gasteiger partial charge < -0.3 is 10.1 Å². The average molecular weight is 388 g/mol. The van der Waals surface area contributed by atoms with E-state index in [9.17, 15) is 26.4 Å². The Labute approximate surface area is 148 Å². The number of benzene rings is 2. The van der Waals surface area contributed by atoms with E-state index in [2.05, 4.69) is 10.0 Å². The molecule has 26 heavy (non-hydrogen) atoms. The van der Waals surface area contributed by atoms with Crippen LogP contribution in [0.2, 0.25) is 0 Å². The maximum absolute atomic E-state index is 12.7. The summed E-state index contributed by atoms with van der Waals surface area (Å²) in [6, 6.07) is 7.51. The fourth-order valence-electron chi connectivity index (χ4n) is 2.10. The summed E-state index contributed by atoms with van der Waals surface area (Å²) in [5.41, 5.74) is -0.945. The van der Waals surface area contributed by atoms with Crippen LogP contribution in [-0.2, 0) is 21.0 Å². The standard InChI is InChI=1S/C16H15F3N2O4S/c1-10(22)20-14-7-6-13(9-15(14)25-2)26(23,24)21-12-5-3-4-11(8-12)16(17,18)19/h3-9,21H,1-2H3,(H,20,22). The fraction of sp³-hybridized carbons (Fsp3) is 0.188. The predicted molar refractivity (Wildman–Crippen MR) is 89.6 cm³/mol. The summed E-state index contributed by atoms with van der Waals surface area (Å²) < 4.78 is 70.2. The maximum atomic E-state index is 12.7. The van der Waals surface area contributed by atoms with E-state index < -0.39 is 21.8 Å². The van der Waals surface area contributed by atoms with E-state index in [0.29, 0.717) is 6.07 Å². The van der Waals surface area contributed by atoms with E-state index >= 15 is 0 Å². The minimum atomic E-state index is -4.59. The summed E-state index contributed by atoms with van der Waals surface area (Å²) in [6.07, 6.45) is -4.59. The summed E-state index contributed by atoms with van der Waals surface area (Å²) in [7, 11) is -2.87. The van der Waals surface area contributed by atoms with Crippen molar-refractivity contribution in [2.24, 2.45) is 0 Å². The highest BCUT2D eigenvalue weighted by atomic mass is 32.2. The second-order valence-electron chi connectivity index (χ2n) is 5.23. The van der Waals surface area contributed by atoms with Crippen LogP contribution in [0.5, 0.6) is 5.75 Å². The van der Waals surface area contributed by atoms with Crippen molar-refractivity contribution in [2.75, 3.05) is 17.1 Å². The lowest BCUT2D eigenvalue weighted by molar-refractivity contribution is -0.137. The molecule has 0 spiro atoms. The lowest BCUT2D eigenvalue weighted by Crippen LogP contribution is -2.15. The Balaban J connectivity index is 2.35. The predicted octanol–water partition coefficient (Wildman–Crippen LogP) is 3.47. The van der Waals surface area contributed by atoms with E-state index in [0.717, 1.165) is 18.2 Å². The molecule has 0 heterocycles. The first-order valence-corrected chi connectivity index (χ1v) is 8.67. The number of amides is 1. The van der Waals surface area contributed by atoms with Crippen LogP contribution in [0.4, 0.5) is 24.5 Å². The zero-order valence-corrected chi connectivity index (χ0v) is 14.5. The summed E-state index contributed by atoms with van der Waals surface area (Å²) in [6.45, 7) is 1.28. The highest BCUT2D eigenvalue weighted by Gasteiger charge is 2.30. The molecule has 140 valence electrons. The number of hydrogen-bond donors (Lipinski definition) is 2. The zero-order valence-electron chi connectivity index (χ0n) is 13.7. The van der Waals surface area contributed by atoms with E-state index in [1.54, 1.807) is 0 Å². The SMILES string of the molecule is COc1cc(S(=O)(=O)Nc2cccc(C(F)(F)F)c2)ccc1NC(C)=O. The van der Waals surface area contributed by atoms with E-state index in [-0.39, 0.29) is 27.9 Å². The first-order chi connectivity index (χ1) is 12.0. The van der Waals surface area contributed by atoms with Gasteiger partial charge in [-0.05, 0) is 30.3 Å². The lowest BCUT2D eigenvalue weighted by atomic mass is 10.2. The van der Waals surface area contributed by atoms with E-state index in [1.807, 2.05) is 0 Å². The topological polar surface area (TPSA) is 84.5 Å². The molecule has 1 amide bonds. The molecular weight excluding hydrogens is 373 g/mol. The number of alkyl halides is 3. The van der Waals surface area contributed by atoms with Gasteiger partial charge in [-0.1, -0.05) is 6.07 Å². The van der Waals surface area contributed by atoms with Crippen LogP contribution in [0, 0.1) is 0 Å². The molecule has 0 aromatic heterocycles. The molecule has 2 aromatic carbocycles. The van der Waals surface area contributed by atoms with E-state index in [1.165, 1.54) is 32.2 Å². The number of halogens is 3. The largest absolute Gasteiger partial charge is 0.495 e. The molecule has 0 aliphatic heterocycles. The second-order valence-corrected chi connectivity index (χ2v) is 6.91. The number of ether oxygens (including phenoxy) is 1. The normalized spacial score (nSPS) is 11.7. The van der Waals surface area contributed by atoms with Gasteiger partial charge in [-0.3, -0.25) is 9.52 Å². The zero-order chi connectivity index (χ0) is 19.5. The van der Waals surface area contributed by atoms with Crippen LogP contribution in [0.25, 0.3) is 0 Å². The van der Waals surface area contributed by atoms with E-state index in [4.69, 9.17) is 4.74 Å². The molecule has 0 atom stereocenters. The number of hydrogen-bond acceptors (Lipinski definition) is 4. The fourth-order valence-corrected chi connectivity index (χ4v) is 3.17. The third kappa shape index (κ3) is 4.66. The molecule has 0 bridgehead atoms. The molecule has 0 saturated carbocycles. The molecule has 2 rings (SSSR count). The van der Waals surface area contributed by atoms with Crippen LogP contribution in [0.1, 0.15) is 12.5 Å². The minimum Gasteiger partial charge on any atom is -0.495 e. The van der Waals surface area contributed by atoms with Crippen LogP contribution in [-0.4, -0.2) is 21.4 Å². The van der Waals surface area contributed by atoms with Gasteiger partial charge in [0.1, 0.15) is 5.75 Å². The molecule has 10 heteroatoms. The van der Waals surface area contributed by atoms with Crippen molar-refractivity contribution < 1.29 is 31.1 Å². The molecule has 2 aromatic rings. The molecule has 6 nitrogen and oxygen atoms in total. The third-order valence-corrected chi connectivity index (χ3v) is 4.62. The first kappa shape index (κ1) is 19.6. The smallest absolute Gasteiger partial charge is 0.416 e. The highest BCUT2D eigenvalue weighted by Crippen LogP contribution is 2.32. The highest BCUT2D eigenvalue weighted by molar-refractivity contribution is 7.92. The monoisotopic (exact) mass is 388 g/mol. The van der Waals surface area contributed by atoms with Crippen molar-refractivity contribution in [3.63, 3.8) is 0 Å². The van der Waals surface area contributed by atoms with Crippen molar-refractivity contribution in [1.82, 2.24) is 0 Å². The van der Waals surface area contributed by atoms with Gasteiger partial charge in [0.25, 0.3) is 10.0 Å².